The third-order valence-corrected chi connectivity index (χ3v) is 4.88. The van der Waals surface area contributed by atoms with Gasteiger partial charge in [-0.25, -0.2) is 18.5 Å². The first-order chi connectivity index (χ1) is 14.2. The number of benzene rings is 1. The lowest BCUT2D eigenvalue weighted by molar-refractivity contribution is -0.144. The van der Waals surface area contributed by atoms with Gasteiger partial charge in [0.1, 0.15) is 19.6 Å². The molecule has 11 heteroatoms. The molecule has 0 atom stereocenters. The number of carbonyl (C=O) groups excluding carboxylic acids is 1. The summed E-state index contributed by atoms with van der Waals surface area (Å²) < 4.78 is 59.4. The van der Waals surface area contributed by atoms with E-state index >= 15 is 0 Å². The van der Waals surface area contributed by atoms with Gasteiger partial charge in [-0.3, -0.25) is 9.36 Å². The fourth-order valence-corrected chi connectivity index (χ4v) is 3.10. The molecule has 31 heavy (non-hydrogen) atoms. The summed E-state index contributed by atoms with van der Waals surface area (Å²) in [6.07, 6.45) is -4.96. The smallest absolute Gasteiger partial charge is 0.431 e. The Kier molecular flexibility index (Phi) is 6.65. The maximum absolute atomic E-state index is 14.9. The third kappa shape index (κ3) is 5.32. The van der Waals surface area contributed by atoms with Crippen molar-refractivity contribution in [1.29, 1.82) is 0 Å². The second kappa shape index (κ2) is 8.54. The summed E-state index contributed by atoms with van der Waals surface area (Å²) in [6.45, 7) is 7.33. The highest BCUT2D eigenvalue weighted by Crippen LogP contribution is 2.27. The van der Waals surface area contributed by atoms with Crippen molar-refractivity contribution >= 4 is 14.0 Å². The molecule has 0 spiro atoms. The molecule has 0 bridgehead atoms. The Morgan fingerprint density at radius 2 is 1.77 bits per heavy atom. The molecule has 6 nitrogen and oxygen atoms in total. The maximum Gasteiger partial charge on any atom is 0.431 e. The van der Waals surface area contributed by atoms with E-state index in [4.69, 9.17) is 4.74 Å². The zero-order valence-electron chi connectivity index (χ0n) is 17.5. The van der Waals surface area contributed by atoms with Gasteiger partial charge in [-0.05, 0) is 19.1 Å². The molecule has 0 N–H and O–H groups in total. The Balaban J connectivity index is 2.85. The summed E-state index contributed by atoms with van der Waals surface area (Å²) in [7, 11) is -1.11. The van der Waals surface area contributed by atoms with Gasteiger partial charge in [-0.15, -0.1) is 5.54 Å². The lowest BCUT2D eigenvalue weighted by Crippen LogP contribution is -2.41. The van der Waals surface area contributed by atoms with Gasteiger partial charge >= 0.3 is 17.8 Å². The molecule has 1 aromatic carbocycles. The maximum atomic E-state index is 14.9. The van der Waals surface area contributed by atoms with Gasteiger partial charge in [0.15, 0.2) is 0 Å². The van der Waals surface area contributed by atoms with E-state index in [1.807, 2.05) is 19.6 Å². The first-order valence-corrected chi connectivity index (χ1v) is 12.6. The van der Waals surface area contributed by atoms with Crippen molar-refractivity contribution in [2.75, 3.05) is 6.61 Å². The SMILES string of the molecule is CCOC(=O)c1cc(-n2c(=O)cc(C(F)(F)F)n(C)c2=O)c(F)cc1C#C[Si](C)(C)C. The van der Waals surface area contributed by atoms with Crippen LogP contribution in [0.5, 0.6) is 0 Å². The molecule has 1 heterocycles. The van der Waals surface area contributed by atoms with E-state index in [2.05, 4.69) is 11.5 Å². The van der Waals surface area contributed by atoms with Crippen LogP contribution < -0.4 is 11.2 Å². The van der Waals surface area contributed by atoms with E-state index in [9.17, 15) is 31.9 Å². The summed E-state index contributed by atoms with van der Waals surface area (Å²) in [6, 6.07) is 1.93. The first kappa shape index (κ1) is 24.1. The molecule has 0 aliphatic heterocycles. The summed E-state index contributed by atoms with van der Waals surface area (Å²) in [4.78, 5) is 37.2. The Morgan fingerprint density at radius 3 is 2.29 bits per heavy atom. The molecule has 1 aromatic heterocycles. The molecule has 0 radical (unpaired) electrons. The number of nitrogens with zero attached hydrogens (tertiary/aromatic N) is 2. The number of esters is 1. The molecule has 0 unspecified atom stereocenters. The van der Waals surface area contributed by atoms with Crippen LogP contribution in [0.3, 0.4) is 0 Å². The van der Waals surface area contributed by atoms with E-state index in [-0.39, 0.29) is 32.9 Å². The van der Waals surface area contributed by atoms with Gasteiger partial charge in [0, 0.05) is 18.7 Å². The predicted octanol–water partition coefficient (Wildman–Crippen LogP) is 3.10. The molecule has 0 aliphatic rings. The number of carbonyl (C=O) groups is 1. The van der Waals surface area contributed by atoms with Gasteiger partial charge in [0.25, 0.3) is 5.56 Å². The molecule has 2 rings (SSSR count). The van der Waals surface area contributed by atoms with Crippen molar-refractivity contribution in [1.82, 2.24) is 9.13 Å². The van der Waals surface area contributed by atoms with E-state index in [0.717, 1.165) is 19.2 Å². The van der Waals surface area contributed by atoms with Crippen molar-refractivity contribution in [3.63, 3.8) is 0 Å². The fraction of sp³-hybridized carbons (Fsp3) is 0.350. The average Bonchev–Trinajstić information content (AvgIpc) is 2.63. The first-order valence-electron chi connectivity index (χ1n) is 9.12. The lowest BCUT2D eigenvalue weighted by atomic mass is 10.1. The summed E-state index contributed by atoms with van der Waals surface area (Å²) in [5, 5.41) is 0. The number of ether oxygens (including phenoxy) is 1. The predicted molar refractivity (Wildman–Crippen MR) is 108 cm³/mol. The molecular formula is C20H20F4N2O4Si. The van der Waals surface area contributed by atoms with Crippen molar-refractivity contribution in [2.45, 2.75) is 32.7 Å². The van der Waals surface area contributed by atoms with Crippen LogP contribution in [-0.4, -0.2) is 29.8 Å². The highest BCUT2D eigenvalue weighted by molar-refractivity contribution is 6.83. The van der Waals surface area contributed by atoms with Crippen molar-refractivity contribution in [2.24, 2.45) is 7.05 Å². The average molecular weight is 456 g/mol. The summed E-state index contributed by atoms with van der Waals surface area (Å²) in [5.74, 6) is 0.754. The van der Waals surface area contributed by atoms with Crippen molar-refractivity contribution in [3.05, 3.63) is 61.7 Å². The second-order valence-electron chi connectivity index (χ2n) is 7.61. The quantitative estimate of drug-likeness (QED) is 0.308. The third-order valence-electron chi connectivity index (χ3n) is 4.01. The van der Waals surface area contributed by atoms with E-state index < -0.39 is 48.7 Å². The minimum Gasteiger partial charge on any atom is -0.462 e. The Morgan fingerprint density at radius 1 is 1.16 bits per heavy atom. The highest BCUT2D eigenvalue weighted by atomic mass is 28.3. The number of halogens is 4. The standard InChI is InChI=1S/C20H20F4N2O4Si/c1-6-30-18(28)13-10-15(14(21)9-12(13)7-8-31(3,4)5)26-17(27)11-16(20(22,23)24)25(2)19(26)29/h9-11H,6H2,1-5H3. The normalized spacial score (nSPS) is 11.6. The van der Waals surface area contributed by atoms with Crippen LogP contribution in [0.2, 0.25) is 19.6 Å². The molecule has 0 aliphatic carbocycles. The van der Waals surface area contributed by atoms with Crippen molar-refractivity contribution in [3.8, 4) is 17.2 Å². The molecular weight excluding hydrogens is 436 g/mol. The fourth-order valence-electron chi connectivity index (χ4n) is 2.59. The van der Waals surface area contributed by atoms with Gasteiger partial charge in [-0.1, -0.05) is 25.6 Å². The van der Waals surface area contributed by atoms with Crippen LogP contribution in [-0.2, 0) is 18.0 Å². The highest BCUT2D eigenvalue weighted by Gasteiger charge is 2.35. The Labute approximate surface area is 176 Å². The van der Waals surface area contributed by atoms with Crippen LogP contribution in [0.15, 0.2) is 27.8 Å². The summed E-state index contributed by atoms with van der Waals surface area (Å²) in [5.41, 5.74) is -2.24. The minimum atomic E-state index is -4.96. The van der Waals surface area contributed by atoms with Crippen molar-refractivity contribution < 1.29 is 27.1 Å². The monoisotopic (exact) mass is 456 g/mol. The minimum absolute atomic E-state index is 0.00553. The Hall–Kier alpha value is -3.13. The van der Waals surface area contributed by atoms with Gasteiger partial charge in [0.05, 0.1) is 17.9 Å². The number of aromatic nitrogens is 2. The largest absolute Gasteiger partial charge is 0.462 e. The number of rotatable bonds is 3. The molecule has 0 saturated heterocycles. The van der Waals surface area contributed by atoms with E-state index in [1.165, 1.54) is 0 Å². The summed E-state index contributed by atoms with van der Waals surface area (Å²) >= 11 is 0. The van der Waals surface area contributed by atoms with Crippen LogP contribution in [0.25, 0.3) is 5.69 Å². The van der Waals surface area contributed by atoms with Gasteiger partial charge < -0.3 is 4.74 Å². The Bertz CT molecular complexity index is 1210. The number of hydrogen-bond acceptors (Lipinski definition) is 4. The molecule has 2 aromatic rings. The second-order valence-corrected chi connectivity index (χ2v) is 12.4. The molecule has 166 valence electrons. The topological polar surface area (TPSA) is 70.3 Å². The molecule has 0 saturated carbocycles. The van der Waals surface area contributed by atoms with Crippen LogP contribution in [0.4, 0.5) is 17.6 Å². The number of alkyl halides is 3. The zero-order valence-corrected chi connectivity index (χ0v) is 18.5. The van der Waals surface area contributed by atoms with E-state index in [0.29, 0.717) is 0 Å². The molecule has 0 fully saturated rings. The van der Waals surface area contributed by atoms with Crippen LogP contribution in [0, 0.1) is 17.3 Å². The van der Waals surface area contributed by atoms with Crippen LogP contribution >= 0.6 is 0 Å². The number of hydrogen-bond donors (Lipinski definition) is 0. The van der Waals surface area contributed by atoms with Gasteiger partial charge in [0.2, 0.25) is 0 Å². The molecule has 0 amide bonds. The van der Waals surface area contributed by atoms with Crippen LogP contribution in [0.1, 0.15) is 28.5 Å². The lowest BCUT2D eigenvalue weighted by Gasteiger charge is -2.15. The van der Waals surface area contributed by atoms with Gasteiger partial charge in [-0.2, -0.15) is 13.2 Å². The van der Waals surface area contributed by atoms with E-state index in [1.54, 1.807) is 6.92 Å². The zero-order chi connectivity index (χ0) is 23.7.